The first-order valence-corrected chi connectivity index (χ1v) is 9.89. The van der Waals surface area contributed by atoms with Gasteiger partial charge in [0.25, 0.3) is 0 Å². The lowest BCUT2D eigenvalue weighted by molar-refractivity contribution is -0.132. The van der Waals surface area contributed by atoms with E-state index in [1.807, 2.05) is 40.9 Å². The lowest BCUT2D eigenvalue weighted by Gasteiger charge is -2.36. The van der Waals surface area contributed by atoms with Gasteiger partial charge in [0.1, 0.15) is 0 Å². The summed E-state index contributed by atoms with van der Waals surface area (Å²) in [6, 6.07) is 6.00. The second-order valence-electron chi connectivity index (χ2n) is 7.26. The van der Waals surface area contributed by atoms with Crippen molar-refractivity contribution in [3.05, 3.63) is 30.6 Å². The summed E-state index contributed by atoms with van der Waals surface area (Å²) in [7, 11) is 0. The molecule has 9 nitrogen and oxygen atoms in total. The Balaban J connectivity index is 1.28. The van der Waals surface area contributed by atoms with Crippen molar-refractivity contribution in [2.75, 3.05) is 62.3 Å². The highest BCUT2D eigenvalue weighted by molar-refractivity contribution is 5.77. The smallest absolute Gasteiger partial charge is 0.224 e. The van der Waals surface area contributed by atoms with Crippen LogP contribution in [0.25, 0.3) is 0 Å². The van der Waals surface area contributed by atoms with Crippen LogP contribution >= 0.6 is 0 Å². The molecule has 4 heterocycles. The maximum Gasteiger partial charge on any atom is 0.224 e. The van der Waals surface area contributed by atoms with Crippen LogP contribution < -0.4 is 9.80 Å². The minimum atomic E-state index is 0.0686. The zero-order valence-corrected chi connectivity index (χ0v) is 16.3. The summed E-state index contributed by atoms with van der Waals surface area (Å²) in [5, 5.41) is 13.0. The summed E-state index contributed by atoms with van der Waals surface area (Å²) in [5.74, 6) is 1.94. The van der Waals surface area contributed by atoms with Gasteiger partial charge in [-0.15, -0.1) is 10.2 Å². The number of nitrogens with zero attached hydrogens (tertiary/aromatic N) is 7. The quantitative estimate of drug-likeness (QED) is 0.753. The first kappa shape index (κ1) is 18.7. The predicted molar refractivity (Wildman–Crippen MR) is 105 cm³/mol. The molecule has 9 heteroatoms. The number of morpholine rings is 1. The molecular weight excluding hydrogens is 358 g/mol. The number of rotatable bonds is 5. The number of amides is 1. The van der Waals surface area contributed by atoms with E-state index in [1.54, 1.807) is 6.20 Å². The van der Waals surface area contributed by atoms with Gasteiger partial charge in [-0.2, -0.15) is 5.10 Å². The van der Waals surface area contributed by atoms with Crippen LogP contribution in [-0.2, 0) is 9.53 Å². The van der Waals surface area contributed by atoms with E-state index in [1.165, 1.54) is 0 Å². The average molecular weight is 385 g/mol. The van der Waals surface area contributed by atoms with Crippen molar-refractivity contribution in [1.82, 2.24) is 24.9 Å². The number of carbonyl (C=O) groups excluding carboxylic acids is 1. The van der Waals surface area contributed by atoms with Crippen LogP contribution in [-0.4, -0.2) is 83.3 Å². The highest BCUT2D eigenvalue weighted by Crippen LogP contribution is 2.18. The third-order valence-corrected chi connectivity index (χ3v) is 5.37. The molecule has 0 radical (unpaired) electrons. The maximum absolute atomic E-state index is 12.6. The Morgan fingerprint density at radius 3 is 2.25 bits per heavy atom. The van der Waals surface area contributed by atoms with E-state index >= 15 is 0 Å². The molecule has 0 aromatic carbocycles. The van der Waals surface area contributed by atoms with Crippen LogP contribution in [0.1, 0.15) is 19.4 Å². The molecule has 2 aliphatic heterocycles. The predicted octanol–water partition coefficient (Wildman–Crippen LogP) is 0.810. The highest BCUT2D eigenvalue weighted by atomic mass is 16.5. The monoisotopic (exact) mass is 385 g/mol. The molecule has 0 N–H and O–H groups in total. The number of aromatic nitrogens is 4. The highest BCUT2D eigenvalue weighted by Gasteiger charge is 2.24. The van der Waals surface area contributed by atoms with E-state index in [-0.39, 0.29) is 11.9 Å². The molecule has 2 fully saturated rings. The topological polar surface area (TPSA) is 79.6 Å². The van der Waals surface area contributed by atoms with Gasteiger partial charge in [0.2, 0.25) is 5.91 Å². The fourth-order valence-corrected chi connectivity index (χ4v) is 3.65. The minimum absolute atomic E-state index is 0.0686. The molecule has 0 bridgehead atoms. The molecule has 2 aliphatic rings. The maximum atomic E-state index is 12.6. The average Bonchev–Trinajstić information content (AvgIpc) is 3.30. The van der Waals surface area contributed by atoms with E-state index in [9.17, 15) is 4.79 Å². The lowest BCUT2D eigenvalue weighted by atomic mass is 10.2. The second kappa shape index (κ2) is 8.55. The second-order valence-corrected chi connectivity index (χ2v) is 7.26. The largest absolute Gasteiger partial charge is 0.378 e. The molecule has 150 valence electrons. The molecule has 28 heavy (non-hydrogen) atoms. The summed E-state index contributed by atoms with van der Waals surface area (Å²) in [4.78, 5) is 18.9. The van der Waals surface area contributed by atoms with E-state index in [2.05, 4.69) is 25.1 Å². The molecule has 1 atom stereocenters. The first-order chi connectivity index (χ1) is 13.7. The molecule has 0 aliphatic carbocycles. The first-order valence-electron chi connectivity index (χ1n) is 9.89. The van der Waals surface area contributed by atoms with E-state index in [0.29, 0.717) is 19.5 Å². The van der Waals surface area contributed by atoms with Gasteiger partial charge in [0.05, 0.1) is 19.3 Å². The molecular formula is C19H27N7O2. The van der Waals surface area contributed by atoms with Crippen LogP contribution in [0.5, 0.6) is 0 Å². The summed E-state index contributed by atoms with van der Waals surface area (Å²) in [6.07, 6.45) is 4.11. The van der Waals surface area contributed by atoms with Crippen molar-refractivity contribution in [2.45, 2.75) is 19.4 Å². The summed E-state index contributed by atoms with van der Waals surface area (Å²) >= 11 is 0. The summed E-state index contributed by atoms with van der Waals surface area (Å²) < 4.78 is 7.21. The SMILES string of the molecule is CC(CC(=O)N1CCN(c2ccc(N3CCOCC3)nn2)CC1)n1cccn1. The third-order valence-electron chi connectivity index (χ3n) is 5.37. The Labute approximate surface area is 164 Å². The van der Waals surface area contributed by atoms with Crippen LogP contribution in [0, 0.1) is 0 Å². The Morgan fingerprint density at radius 2 is 1.68 bits per heavy atom. The zero-order chi connectivity index (χ0) is 19.3. The van der Waals surface area contributed by atoms with Gasteiger partial charge in [-0.1, -0.05) is 0 Å². The van der Waals surface area contributed by atoms with Crippen molar-refractivity contribution in [3.8, 4) is 0 Å². The molecule has 0 spiro atoms. The van der Waals surface area contributed by atoms with Gasteiger partial charge in [-0.25, -0.2) is 0 Å². The van der Waals surface area contributed by atoms with Gasteiger partial charge >= 0.3 is 0 Å². The van der Waals surface area contributed by atoms with Gasteiger partial charge in [-0.05, 0) is 25.1 Å². The van der Waals surface area contributed by atoms with Crippen LogP contribution in [0.3, 0.4) is 0 Å². The van der Waals surface area contributed by atoms with E-state index < -0.39 is 0 Å². The standard InChI is InChI=1S/C19H27N7O2/c1-16(26-6-2-5-20-26)15-19(27)25-9-7-23(8-10-25)17-3-4-18(22-21-17)24-11-13-28-14-12-24/h2-6,16H,7-15H2,1H3. The minimum Gasteiger partial charge on any atom is -0.378 e. The molecule has 2 aromatic heterocycles. The van der Waals surface area contributed by atoms with E-state index in [4.69, 9.17) is 4.74 Å². The van der Waals surface area contributed by atoms with E-state index in [0.717, 1.165) is 51.0 Å². The number of hydrogen-bond donors (Lipinski definition) is 0. The summed E-state index contributed by atoms with van der Waals surface area (Å²) in [6.45, 7) is 8.15. The normalized spacial score (nSPS) is 19.0. The zero-order valence-electron chi connectivity index (χ0n) is 16.3. The van der Waals surface area contributed by atoms with Crippen molar-refractivity contribution in [3.63, 3.8) is 0 Å². The molecule has 1 unspecified atom stereocenters. The molecule has 0 saturated carbocycles. The van der Waals surface area contributed by atoms with Gasteiger partial charge < -0.3 is 19.4 Å². The number of piperazine rings is 1. The van der Waals surface area contributed by atoms with Gasteiger partial charge in [0, 0.05) is 58.1 Å². The summed E-state index contributed by atoms with van der Waals surface area (Å²) in [5.41, 5.74) is 0. The number of carbonyl (C=O) groups is 1. The number of hydrogen-bond acceptors (Lipinski definition) is 7. The van der Waals surface area contributed by atoms with Crippen LogP contribution in [0.2, 0.25) is 0 Å². The fraction of sp³-hybridized carbons (Fsp3) is 0.579. The van der Waals surface area contributed by atoms with Gasteiger partial charge in [0.15, 0.2) is 11.6 Å². The number of anilines is 2. The Hall–Kier alpha value is -2.68. The molecule has 4 rings (SSSR count). The van der Waals surface area contributed by atoms with Crippen molar-refractivity contribution < 1.29 is 9.53 Å². The van der Waals surface area contributed by atoms with Crippen molar-refractivity contribution in [1.29, 1.82) is 0 Å². The molecule has 1 amide bonds. The van der Waals surface area contributed by atoms with Gasteiger partial charge in [-0.3, -0.25) is 9.48 Å². The molecule has 2 aromatic rings. The lowest BCUT2D eigenvalue weighted by Crippen LogP contribution is -2.49. The Bertz CT molecular complexity index is 751. The third kappa shape index (κ3) is 4.24. The van der Waals surface area contributed by atoms with Crippen molar-refractivity contribution >= 4 is 17.5 Å². The Morgan fingerprint density at radius 1 is 1.04 bits per heavy atom. The number of ether oxygens (including phenoxy) is 1. The van der Waals surface area contributed by atoms with Crippen LogP contribution in [0.15, 0.2) is 30.6 Å². The van der Waals surface area contributed by atoms with Crippen LogP contribution in [0.4, 0.5) is 11.6 Å². The Kier molecular flexibility index (Phi) is 5.70. The molecule has 2 saturated heterocycles. The van der Waals surface area contributed by atoms with Crippen molar-refractivity contribution in [2.24, 2.45) is 0 Å². The fourth-order valence-electron chi connectivity index (χ4n) is 3.65.